The van der Waals surface area contributed by atoms with E-state index in [1.54, 1.807) is 30.3 Å². The van der Waals surface area contributed by atoms with Crippen molar-refractivity contribution >= 4 is 28.6 Å². The zero-order chi connectivity index (χ0) is 22.4. The summed E-state index contributed by atoms with van der Waals surface area (Å²) in [6, 6.07) is 10.6. The fraction of sp³-hybridized carbons (Fsp3) is 0.250. The first-order chi connectivity index (χ1) is 15.0. The van der Waals surface area contributed by atoms with E-state index in [4.69, 9.17) is 14.2 Å². The van der Waals surface area contributed by atoms with Crippen molar-refractivity contribution in [3.8, 4) is 17.2 Å². The molecule has 3 aromatic rings. The Morgan fingerprint density at radius 2 is 1.74 bits per heavy atom. The molecule has 162 valence electrons. The Morgan fingerprint density at radius 3 is 2.35 bits per heavy atom. The first kappa shape index (κ1) is 22.0. The molecule has 1 amide bonds. The predicted molar refractivity (Wildman–Crippen MR) is 122 cm³/mol. The minimum Gasteiger partial charge on any atom is -0.493 e. The number of nitrogens with one attached hydrogen (secondary N) is 2. The van der Waals surface area contributed by atoms with Gasteiger partial charge in [-0.1, -0.05) is 19.4 Å². The van der Waals surface area contributed by atoms with E-state index >= 15 is 0 Å². The Balaban J connectivity index is 1.81. The van der Waals surface area contributed by atoms with Gasteiger partial charge in [0.1, 0.15) is 0 Å². The number of pyridine rings is 1. The molecule has 0 aliphatic rings. The number of fused-ring (bicyclic) bond motifs is 1. The van der Waals surface area contributed by atoms with E-state index in [2.05, 4.69) is 17.2 Å². The van der Waals surface area contributed by atoms with Crippen LogP contribution in [0.1, 0.15) is 24.5 Å². The van der Waals surface area contributed by atoms with E-state index < -0.39 is 0 Å². The molecule has 0 bridgehead atoms. The van der Waals surface area contributed by atoms with Crippen molar-refractivity contribution in [3.63, 3.8) is 0 Å². The number of benzene rings is 2. The number of carbonyl (C=O) groups excluding carboxylic acids is 1. The van der Waals surface area contributed by atoms with E-state index in [-0.39, 0.29) is 11.5 Å². The van der Waals surface area contributed by atoms with Crippen LogP contribution in [0.15, 0.2) is 47.3 Å². The second-order valence-corrected chi connectivity index (χ2v) is 6.95. The lowest BCUT2D eigenvalue weighted by molar-refractivity contribution is -0.111. The smallest absolute Gasteiger partial charge is 0.248 e. The lowest BCUT2D eigenvalue weighted by Gasteiger charge is -2.12. The van der Waals surface area contributed by atoms with Gasteiger partial charge in [0.15, 0.2) is 11.5 Å². The maximum atomic E-state index is 12.4. The highest BCUT2D eigenvalue weighted by Crippen LogP contribution is 2.38. The largest absolute Gasteiger partial charge is 0.493 e. The molecule has 0 radical (unpaired) electrons. The number of aromatic amines is 1. The third-order valence-corrected chi connectivity index (χ3v) is 4.83. The second-order valence-electron chi connectivity index (χ2n) is 6.95. The maximum absolute atomic E-state index is 12.4. The average Bonchev–Trinajstić information content (AvgIpc) is 2.76. The van der Waals surface area contributed by atoms with Crippen LogP contribution in [0.5, 0.6) is 17.2 Å². The first-order valence-corrected chi connectivity index (χ1v) is 9.94. The van der Waals surface area contributed by atoms with Crippen molar-refractivity contribution in [2.75, 3.05) is 26.6 Å². The molecule has 3 rings (SSSR count). The highest BCUT2D eigenvalue weighted by molar-refractivity contribution is 6.03. The van der Waals surface area contributed by atoms with Gasteiger partial charge < -0.3 is 24.5 Å². The first-order valence-electron chi connectivity index (χ1n) is 9.94. The minimum absolute atomic E-state index is 0.151. The number of methoxy groups -OCH3 is 3. The lowest BCUT2D eigenvalue weighted by Crippen LogP contribution is -2.09. The molecule has 1 heterocycles. The number of carbonyl (C=O) groups is 1. The number of anilines is 1. The molecule has 0 spiro atoms. The van der Waals surface area contributed by atoms with Crippen molar-refractivity contribution in [1.82, 2.24) is 4.98 Å². The number of amides is 1. The number of H-pyrrole nitrogens is 1. The van der Waals surface area contributed by atoms with Gasteiger partial charge in [-0.2, -0.15) is 0 Å². The second kappa shape index (κ2) is 9.84. The third-order valence-electron chi connectivity index (χ3n) is 4.83. The monoisotopic (exact) mass is 422 g/mol. The highest BCUT2D eigenvalue weighted by atomic mass is 16.5. The van der Waals surface area contributed by atoms with E-state index in [1.165, 1.54) is 27.4 Å². The normalized spacial score (nSPS) is 11.0. The Bertz CT molecular complexity index is 1160. The summed E-state index contributed by atoms with van der Waals surface area (Å²) in [5, 5.41) is 3.80. The van der Waals surface area contributed by atoms with Crippen LogP contribution in [0, 0.1) is 0 Å². The van der Waals surface area contributed by atoms with Gasteiger partial charge >= 0.3 is 0 Å². The van der Waals surface area contributed by atoms with Crippen molar-refractivity contribution in [2.24, 2.45) is 0 Å². The van der Waals surface area contributed by atoms with Gasteiger partial charge in [0.25, 0.3) is 0 Å². The van der Waals surface area contributed by atoms with Crippen LogP contribution < -0.4 is 25.1 Å². The van der Waals surface area contributed by atoms with E-state index in [9.17, 15) is 9.59 Å². The number of aryl methyl sites for hydroxylation is 1. The van der Waals surface area contributed by atoms with Crippen LogP contribution in [0.4, 0.5) is 5.69 Å². The zero-order valence-corrected chi connectivity index (χ0v) is 18.1. The summed E-state index contributed by atoms with van der Waals surface area (Å²) in [5.41, 5.74) is 2.86. The predicted octanol–water partition coefficient (Wildman–Crippen LogP) is 4.16. The number of hydrogen-bond donors (Lipinski definition) is 2. The van der Waals surface area contributed by atoms with Crippen molar-refractivity contribution in [2.45, 2.75) is 19.8 Å². The van der Waals surface area contributed by atoms with Gasteiger partial charge in [0.05, 0.1) is 26.8 Å². The summed E-state index contributed by atoms with van der Waals surface area (Å²) in [6.45, 7) is 2.07. The molecule has 0 saturated carbocycles. The van der Waals surface area contributed by atoms with Crippen LogP contribution >= 0.6 is 0 Å². The van der Waals surface area contributed by atoms with Gasteiger partial charge in [0, 0.05) is 23.2 Å². The lowest BCUT2D eigenvalue weighted by atomic mass is 10.0. The number of hydrogen-bond acceptors (Lipinski definition) is 5. The summed E-state index contributed by atoms with van der Waals surface area (Å²) in [5.74, 6) is 1.19. The third kappa shape index (κ3) is 5.06. The Labute approximate surface area is 180 Å². The standard InChI is InChI=1S/C24H26N2O5/c1-5-6-16-13-23(28)26-19-14-17(8-9-18(16)19)25-22(27)10-7-15-11-20(29-2)24(31-4)21(12-15)30-3/h7-14H,5-6H2,1-4H3,(H,25,27)(H,26,28)/b10-7+. The number of ether oxygens (including phenoxy) is 3. The number of aromatic nitrogens is 1. The molecule has 0 fully saturated rings. The Morgan fingerprint density at radius 1 is 1.03 bits per heavy atom. The molecular weight excluding hydrogens is 396 g/mol. The minimum atomic E-state index is -0.305. The van der Waals surface area contributed by atoms with Crippen molar-refractivity contribution in [1.29, 1.82) is 0 Å². The average molecular weight is 422 g/mol. The van der Waals surface area contributed by atoms with Gasteiger partial charge in [-0.15, -0.1) is 0 Å². The van der Waals surface area contributed by atoms with Gasteiger partial charge in [-0.05, 0) is 47.9 Å². The van der Waals surface area contributed by atoms with Gasteiger partial charge in [-0.3, -0.25) is 9.59 Å². The van der Waals surface area contributed by atoms with E-state index in [0.717, 1.165) is 29.4 Å². The summed E-state index contributed by atoms with van der Waals surface area (Å²) < 4.78 is 16.0. The van der Waals surface area contributed by atoms with E-state index in [1.807, 2.05) is 12.1 Å². The van der Waals surface area contributed by atoms with E-state index in [0.29, 0.717) is 28.5 Å². The van der Waals surface area contributed by atoms with Gasteiger partial charge in [0.2, 0.25) is 17.2 Å². The zero-order valence-electron chi connectivity index (χ0n) is 18.1. The quantitative estimate of drug-likeness (QED) is 0.532. The molecule has 2 aromatic carbocycles. The molecule has 7 heteroatoms. The maximum Gasteiger partial charge on any atom is 0.248 e. The fourth-order valence-electron chi connectivity index (χ4n) is 3.44. The molecule has 0 aliphatic carbocycles. The van der Waals surface area contributed by atoms with Gasteiger partial charge in [-0.25, -0.2) is 0 Å². The highest BCUT2D eigenvalue weighted by Gasteiger charge is 2.12. The summed E-state index contributed by atoms with van der Waals surface area (Å²) in [7, 11) is 4.60. The summed E-state index contributed by atoms with van der Waals surface area (Å²) in [4.78, 5) is 27.2. The van der Waals surface area contributed by atoms with Crippen LogP contribution in [0.2, 0.25) is 0 Å². The topological polar surface area (TPSA) is 89.7 Å². The van der Waals surface area contributed by atoms with Crippen LogP contribution in [-0.4, -0.2) is 32.2 Å². The van der Waals surface area contributed by atoms with Crippen LogP contribution in [-0.2, 0) is 11.2 Å². The molecule has 0 atom stereocenters. The molecule has 7 nitrogen and oxygen atoms in total. The summed E-state index contributed by atoms with van der Waals surface area (Å²) >= 11 is 0. The van der Waals surface area contributed by atoms with Crippen LogP contribution in [0.25, 0.3) is 17.0 Å². The van der Waals surface area contributed by atoms with Crippen molar-refractivity contribution < 1.29 is 19.0 Å². The SMILES string of the molecule is CCCc1cc(=O)[nH]c2cc(NC(=O)/C=C/c3cc(OC)c(OC)c(OC)c3)ccc12. The fourth-order valence-corrected chi connectivity index (χ4v) is 3.44. The Hall–Kier alpha value is -3.74. The molecule has 31 heavy (non-hydrogen) atoms. The molecule has 0 saturated heterocycles. The molecule has 0 aliphatic heterocycles. The number of rotatable bonds is 8. The molecule has 1 aromatic heterocycles. The van der Waals surface area contributed by atoms with Crippen LogP contribution in [0.3, 0.4) is 0 Å². The molecule has 2 N–H and O–H groups in total. The molecule has 0 unspecified atom stereocenters. The molecular formula is C24H26N2O5. The van der Waals surface area contributed by atoms with Crippen molar-refractivity contribution in [3.05, 3.63) is 64.0 Å². The Kier molecular flexibility index (Phi) is 6.97. The summed E-state index contributed by atoms with van der Waals surface area (Å²) in [6.07, 6.45) is 4.84.